The van der Waals surface area contributed by atoms with Crippen LogP contribution in [0.25, 0.3) is 0 Å². The van der Waals surface area contributed by atoms with Crippen LogP contribution in [0.15, 0.2) is 18.3 Å². The standard InChI is InChI=1S/C14H22N2O3/c1-3-6-11(10-13(17)18)15-14(19)12-7-5-9-16(12)8-4-2/h5,7,9,11H,3-4,6,8,10H2,1-2H3,(H,15,19)(H,17,18). The van der Waals surface area contributed by atoms with E-state index in [2.05, 4.69) is 5.32 Å². The summed E-state index contributed by atoms with van der Waals surface area (Å²) >= 11 is 0. The molecule has 1 atom stereocenters. The van der Waals surface area contributed by atoms with Gasteiger partial charge in [-0.3, -0.25) is 9.59 Å². The van der Waals surface area contributed by atoms with Gasteiger partial charge in [0.2, 0.25) is 0 Å². The van der Waals surface area contributed by atoms with Gasteiger partial charge in [-0.2, -0.15) is 0 Å². The number of nitrogens with zero attached hydrogens (tertiary/aromatic N) is 1. The fourth-order valence-electron chi connectivity index (χ4n) is 2.10. The number of carboxylic acids is 1. The Morgan fingerprint density at radius 1 is 1.37 bits per heavy atom. The van der Waals surface area contributed by atoms with E-state index in [0.29, 0.717) is 12.1 Å². The van der Waals surface area contributed by atoms with Gasteiger partial charge in [0.25, 0.3) is 5.91 Å². The fraction of sp³-hybridized carbons (Fsp3) is 0.571. The first-order valence-electron chi connectivity index (χ1n) is 6.76. The predicted octanol–water partition coefficient (Wildman–Crippen LogP) is 2.27. The lowest BCUT2D eigenvalue weighted by molar-refractivity contribution is -0.137. The molecule has 0 fully saturated rings. The molecule has 2 N–H and O–H groups in total. The summed E-state index contributed by atoms with van der Waals surface area (Å²) in [6.07, 6.45) is 4.29. The van der Waals surface area contributed by atoms with Gasteiger partial charge in [-0.05, 0) is 25.0 Å². The molecule has 0 aliphatic rings. The zero-order valence-electron chi connectivity index (χ0n) is 11.6. The number of nitrogens with one attached hydrogen (secondary N) is 1. The second kappa shape index (κ2) is 7.61. The second-order valence-electron chi connectivity index (χ2n) is 4.64. The predicted molar refractivity (Wildman–Crippen MR) is 73.1 cm³/mol. The summed E-state index contributed by atoms with van der Waals surface area (Å²) in [7, 11) is 0. The zero-order valence-corrected chi connectivity index (χ0v) is 11.6. The summed E-state index contributed by atoms with van der Waals surface area (Å²) in [4.78, 5) is 22.9. The van der Waals surface area contributed by atoms with E-state index in [0.717, 1.165) is 19.4 Å². The van der Waals surface area contributed by atoms with E-state index in [9.17, 15) is 9.59 Å². The van der Waals surface area contributed by atoms with Gasteiger partial charge in [0.1, 0.15) is 5.69 Å². The van der Waals surface area contributed by atoms with Crippen molar-refractivity contribution in [3.63, 3.8) is 0 Å². The van der Waals surface area contributed by atoms with E-state index < -0.39 is 5.97 Å². The minimum absolute atomic E-state index is 0.0337. The van der Waals surface area contributed by atoms with Crippen LogP contribution in [0.1, 0.15) is 50.0 Å². The van der Waals surface area contributed by atoms with Crippen molar-refractivity contribution in [2.75, 3.05) is 0 Å². The van der Waals surface area contributed by atoms with Crippen molar-refractivity contribution in [1.29, 1.82) is 0 Å². The summed E-state index contributed by atoms with van der Waals surface area (Å²) < 4.78 is 1.89. The minimum atomic E-state index is -0.886. The molecule has 0 radical (unpaired) electrons. The monoisotopic (exact) mass is 266 g/mol. The Morgan fingerprint density at radius 3 is 2.68 bits per heavy atom. The average molecular weight is 266 g/mol. The summed E-state index contributed by atoms with van der Waals surface area (Å²) in [5.41, 5.74) is 0.591. The molecule has 0 aliphatic heterocycles. The first kappa shape index (κ1) is 15.3. The lowest BCUT2D eigenvalue weighted by atomic mass is 10.1. The Hall–Kier alpha value is -1.78. The number of carboxylic acid groups (broad SMARTS) is 1. The highest BCUT2D eigenvalue weighted by Crippen LogP contribution is 2.07. The molecule has 1 aromatic rings. The molecule has 0 saturated heterocycles. The number of rotatable bonds is 8. The summed E-state index contributed by atoms with van der Waals surface area (Å²) in [6, 6.07) is 3.28. The number of hydrogen-bond donors (Lipinski definition) is 2. The van der Waals surface area contributed by atoms with Crippen LogP contribution >= 0.6 is 0 Å². The molecule has 1 amide bonds. The zero-order chi connectivity index (χ0) is 14.3. The number of carbonyl (C=O) groups excluding carboxylic acids is 1. The van der Waals surface area contributed by atoms with E-state index >= 15 is 0 Å². The van der Waals surface area contributed by atoms with E-state index in [1.165, 1.54) is 0 Å². The molecule has 106 valence electrons. The lowest BCUT2D eigenvalue weighted by Crippen LogP contribution is -2.37. The molecule has 5 nitrogen and oxygen atoms in total. The van der Waals surface area contributed by atoms with E-state index in [-0.39, 0.29) is 18.4 Å². The van der Waals surface area contributed by atoms with E-state index in [4.69, 9.17) is 5.11 Å². The van der Waals surface area contributed by atoms with Gasteiger partial charge in [-0.1, -0.05) is 20.3 Å². The second-order valence-corrected chi connectivity index (χ2v) is 4.64. The summed E-state index contributed by atoms with van der Waals surface area (Å²) in [6.45, 7) is 4.81. The quantitative estimate of drug-likeness (QED) is 0.758. The van der Waals surface area contributed by atoms with Crippen LogP contribution in [0.3, 0.4) is 0 Å². The molecule has 0 bridgehead atoms. The summed E-state index contributed by atoms with van der Waals surface area (Å²) in [5, 5.41) is 11.6. The number of amides is 1. The molecule has 19 heavy (non-hydrogen) atoms. The van der Waals surface area contributed by atoms with Gasteiger partial charge in [-0.25, -0.2) is 0 Å². The molecular formula is C14H22N2O3. The van der Waals surface area contributed by atoms with Gasteiger partial charge >= 0.3 is 5.97 Å². The van der Waals surface area contributed by atoms with Crippen LogP contribution in [0.5, 0.6) is 0 Å². The minimum Gasteiger partial charge on any atom is -0.481 e. The van der Waals surface area contributed by atoms with Gasteiger partial charge < -0.3 is 15.0 Å². The Balaban J connectivity index is 2.69. The van der Waals surface area contributed by atoms with Crippen molar-refractivity contribution < 1.29 is 14.7 Å². The van der Waals surface area contributed by atoms with Crippen molar-refractivity contribution in [1.82, 2.24) is 9.88 Å². The van der Waals surface area contributed by atoms with Gasteiger partial charge in [0.05, 0.1) is 6.42 Å². The normalized spacial score (nSPS) is 12.1. The first-order valence-corrected chi connectivity index (χ1v) is 6.76. The number of carbonyl (C=O) groups is 2. The largest absolute Gasteiger partial charge is 0.481 e. The van der Waals surface area contributed by atoms with Crippen LogP contribution in [0, 0.1) is 0 Å². The first-order chi connectivity index (χ1) is 9.08. The molecule has 5 heteroatoms. The Bertz CT molecular complexity index is 426. The molecule has 0 saturated carbocycles. The third-order valence-corrected chi connectivity index (χ3v) is 2.92. The Kier molecular flexibility index (Phi) is 6.12. The molecule has 0 aromatic carbocycles. The molecule has 1 aromatic heterocycles. The molecule has 1 heterocycles. The highest BCUT2D eigenvalue weighted by molar-refractivity contribution is 5.93. The van der Waals surface area contributed by atoms with Crippen molar-refractivity contribution in [3.05, 3.63) is 24.0 Å². The molecule has 0 spiro atoms. The molecule has 1 rings (SSSR count). The Morgan fingerprint density at radius 2 is 2.11 bits per heavy atom. The van der Waals surface area contributed by atoms with Crippen molar-refractivity contribution in [2.24, 2.45) is 0 Å². The SMILES string of the molecule is CCCC(CC(=O)O)NC(=O)c1cccn1CCC. The maximum atomic E-state index is 12.1. The highest BCUT2D eigenvalue weighted by atomic mass is 16.4. The highest BCUT2D eigenvalue weighted by Gasteiger charge is 2.17. The number of aromatic nitrogens is 1. The fourth-order valence-corrected chi connectivity index (χ4v) is 2.10. The number of aryl methyl sites for hydroxylation is 1. The van der Waals surface area contributed by atoms with Crippen LogP contribution in [-0.2, 0) is 11.3 Å². The van der Waals surface area contributed by atoms with Crippen LogP contribution in [0.4, 0.5) is 0 Å². The topological polar surface area (TPSA) is 71.3 Å². The molecular weight excluding hydrogens is 244 g/mol. The van der Waals surface area contributed by atoms with Crippen LogP contribution < -0.4 is 5.32 Å². The van der Waals surface area contributed by atoms with E-state index in [1.807, 2.05) is 30.7 Å². The number of aliphatic carboxylic acids is 1. The third-order valence-electron chi connectivity index (χ3n) is 2.92. The van der Waals surface area contributed by atoms with Gasteiger partial charge in [0.15, 0.2) is 0 Å². The molecule has 0 aliphatic carbocycles. The van der Waals surface area contributed by atoms with E-state index in [1.54, 1.807) is 6.07 Å². The maximum absolute atomic E-state index is 12.1. The lowest BCUT2D eigenvalue weighted by Gasteiger charge is -2.17. The van der Waals surface area contributed by atoms with Crippen LogP contribution in [0.2, 0.25) is 0 Å². The van der Waals surface area contributed by atoms with Gasteiger partial charge in [0, 0.05) is 18.8 Å². The van der Waals surface area contributed by atoms with Crippen molar-refractivity contribution >= 4 is 11.9 Å². The smallest absolute Gasteiger partial charge is 0.305 e. The average Bonchev–Trinajstić information content (AvgIpc) is 2.77. The maximum Gasteiger partial charge on any atom is 0.305 e. The van der Waals surface area contributed by atoms with Crippen molar-refractivity contribution in [3.8, 4) is 0 Å². The van der Waals surface area contributed by atoms with Crippen LogP contribution in [-0.4, -0.2) is 27.6 Å². The Labute approximate surface area is 113 Å². The molecule has 1 unspecified atom stereocenters. The van der Waals surface area contributed by atoms with Gasteiger partial charge in [-0.15, -0.1) is 0 Å². The third kappa shape index (κ3) is 4.77. The summed E-state index contributed by atoms with van der Waals surface area (Å²) in [5.74, 6) is -1.08. The number of hydrogen-bond acceptors (Lipinski definition) is 2. The van der Waals surface area contributed by atoms with Crippen molar-refractivity contribution in [2.45, 2.75) is 52.1 Å².